The number of hydrazone groups is 1. The first kappa shape index (κ1) is 23.1. The Morgan fingerprint density at radius 2 is 1.82 bits per heavy atom. The summed E-state index contributed by atoms with van der Waals surface area (Å²) in [6.07, 6.45) is -3.36. The molecular formula is C23H15ClF3N5O2. The Morgan fingerprint density at radius 1 is 1.12 bits per heavy atom. The molecule has 2 aromatic carbocycles. The Kier molecular flexibility index (Phi) is 6.38. The molecular weight excluding hydrogens is 471 g/mol. The highest BCUT2D eigenvalue weighted by Crippen LogP contribution is 2.29. The number of halogens is 4. The van der Waals surface area contributed by atoms with Crippen molar-refractivity contribution in [2.24, 2.45) is 5.10 Å². The van der Waals surface area contributed by atoms with Gasteiger partial charge in [-0.1, -0.05) is 23.7 Å². The van der Waals surface area contributed by atoms with Crippen molar-refractivity contribution in [3.8, 4) is 11.8 Å². The van der Waals surface area contributed by atoms with Crippen molar-refractivity contribution in [1.29, 1.82) is 5.26 Å². The van der Waals surface area contributed by atoms with Gasteiger partial charge in [0.25, 0.3) is 0 Å². The molecule has 11 heteroatoms. The van der Waals surface area contributed by atoms with Crippen LogP contribution in [0, 0.1) is 11.3 Å². The van der Waals surface area contributed by atoms with Gasteiger partial charge >= 0.3 is 12.4 Å². The molecule has 1 atom stereocenters. The molecule has 1 aliphatic rings. The van der Waals surface area contributed by atoms with Gasteiger partial charge in [0, 0.05) is 16.9 Å². The highest BCUT2D eigenvalue weighted by molar-refractivity contribution is 6.30. The molecule has 0 saturated carbocycles. The van der Waals surface area contributed by atoms with Crippen molar-refractivity contribution in [1.82, 2.24) is 9.99 Å². The van der Waals surface area contributed by atoms with Crippen molar-refractivity contribution in [3.63, 3.8) is 0 Å². The topological polar surface area (TPSA) is 90.6 Å². The number of nitriles is 1. The number of nitrogens with one attached hydrogen (secondary N) is 1. The van der Waals surface area contributed by atoms with Crippen LogP contribution in [-0.2, 0) is 0 Å². The molecule has 4 rings (SSSR count). The molecule has 1 N–H and O–H groups in total. The van der Waals surface area contributed by atoms with Gasteiger partial charge in [-0.25, -0.2) is 9.80 Å². The molecule has 2 amide bonds. The molecule has 0 aliphatic carbocycles. The van der Waals surface area contributed by atoms with Crippen LogP contribution in [0.2, 0.25) is 5.02 Å². The third kappa shape index (κ3) is 5.44. The molecule has 1 aromatic heterocycles. The standard InChI is InChI=1S/C23H15ClF3N5O2/c24-16-4-2-15(3-5-16)21-19(20-10-1-14(11-28)12-29-20)13-32(31-21)22(33)30-17-6-8-18(9-7-17)34-23(25,26)27/h1-10,12,19H,13H2,(H,30,33). The number of rotatable bonds is 4. The molecule has 34 heavy (non-hydrogen) atoms. The Labute approximate surface area is 197 Å². The van der Waals surface area contributed by atoms with E-state index in [1.54, 1.807) is 36.4 Å². The highest BCUT2D eigenvalue weighted by atomic mass is 35.5. The first-order valence-corrected chi connectivity index (χ1v) is 10.2. The largest absolute Gasteiger partial charge is 0.573 e. The molecule has 0 fully saturated rings. The van der Waals surface area contributed by atoms with Gasteiger partial charge in [-0.2, -0.15) is 10.4 Å². The molecule has 0 saturated heterocycles. The molecule has 1 unspecified atom stereocenters. The van der Waals surface area contributed by atoms with E-state index in [4.69, 9.17) is 16.9 Å². The number of nitrogens with zero attached hydrogens (tertiary/aromatic N) is 4. The Bertz CT molecular complexity index is 1250. The fourth-order valence-electron chi connectivity index (χ4n) is 3.35. The number of ether oxygens (including phenoxy) is 1. The number of urea groups is 1. The maximum atomic E-state index is 12.8. The van der Waals surface area contributed by atoms with E-state index < -0.39 is 18.1 Å². The molecule has 2 heterocycles. The first-order valence-electron chi connectivity index (χ1n) is 9.86. The van der Waals surface area contributed by atoms with Gasteiger partial charge in [-0.15, -0.1) is 13.2 Å². The van der Waals surface area contributed by atoms with Gasteiger partial charge in [-0.3, -0.25) is 4.98 Å². The number of hydrogen-bond acceptors (Lipinski definition) is 5. The summed E-state index contributed by atoms with van der Waals surface area (Å²) in [5.41, 5.74) is 2.61. The van der Waals surface area contributed by atoms with Gasteiger partial charge in [0.2, 0.25) is 0 Å². The highest BCUT2D eigenvalue weighted by Gasteiger charge is 2.34. The third-order valence-corrected chi connectivity index (χ3v) is 5.15. The zero-order valence-electron chi connectivity index (χ0n) is 17.3. The summed E-state index contributed by atoms with van der Waals surface area (Å²) >= 11 is 5.99. The number of aromatic nitrogens is 1. The maximum Gasteiger partial charge on any atom is 0.573 e. The van der Waals surface area contributed by atoms with E-state index in [1.165, 1.54) is 23.3 Å². The van der Waals surface area contributed by atoms with E-state index in [1.807, 2.05) is 6.07 Å². The number of hydrogen-bond donors (Lipinski definition) is 1. The number of alkyl halides is 3. The van der Waals surface area contributed by atoms with Crippen molar-refractivity contribution >= 4 is 29.0 Å². The molecule has 172 valence electrons. The minimum absolute atomic E-state index is 0.165. The molecule has 7 nitrogen and oxygen atoms in total. The van der Waals surface area contributed by atoms with E-state index in [-0.39, 0.29) is 18.2 Å². The van der Waals surface area contributed by atoms with Crippen LogP contribution in [-0.4, -0.2) is 34.6 Å². The summed E-state index contributed by atoms with van der Waals surface area (Å²) in [7, 11) is 0. The predicted octanol–water partition coefficient (Wildman–Crippen LogP) is 5.54. The number of amides is 2. The second kappa shape index (κ2) is 9.41. The van der Waals surface area contributed by atoms with Gasteiger partial charge < -0.3 is 10.1 Å². The lowest BCUT2D eigenvalue weighted by atomic mass is 9.94. The summed E-state index contributed by atoms with van der Waals surface area (Å²) in [5, 5.41) is 17.9. The molecule has 0 spiro atoms. The lowest BCUT2D eigenvalue weighted by Gasteiger charge is -2.16. The van der Waals surface area contributed by atoms with Crippen LogP contribution < -0.4 is 10.1 Å². The Balaban J connectivity index is 1.55. The van der Waals surface area contributed by atoms with Gasteiger partial charge in [-0.05, 0) is 54.1 Å². The summed E-state index contributed by atoms with van der Waals surface area (Å²) in [4.78, 5) is 17.2. The quantitative estimate of drug-likeness (QED) is 0.525. The maximum absolute atomic E-state index is 12.8. The van der Waals surface area contributed by atoms with Gasteiger partial charge in [0.1, 0.15) is 11.8 Å². The van der Waals surface area contributed by atoms with E-state index in [9.17, 15) is 18.0 Å². The van der Waals surface area contributed by atoms with Crippen molar-refractivity contribution in [3.05, 3.63) is 88.7 Å². The minimum Gasteiger partial charge on any atom is -0.406 e. The SMILES string of the molecule is N#Cc1ccc(C2CN(C(=O)Nc3ccc(OC(F)(F)F)cc3)N=C2c2ccc(Cl)cc2)nc1. The van der Waals surface area contributed by atoms with Crippen LogP contribution in [0.4, 0.5) is 23.7 Å². The molecule has 0 bridgehead atoms. The van der Waals surface area contributed by atoms with Crippen LogP contribution in [0.25, 0.3) is 0 Å². The average molecular weight is 486 g/mol. The summed E-state index contributed by atoms with van der Waals surface area (Å²) in [6.45, 7) is 0.165. The van der Waals surface area contributed by atoms with Gasteiger partial charge in [0.05, 0.1) is 29.4 Å². The van der Waals surface area contributed by atoms with E-state index in [0.29, 0.717) is 22.0 Å². The number of benzene rings is 2. The fraction of sp³-hybridized carbons (Fsp3) is 0.130. The van der Waals surface area contributed by atoms with Crippen molar-refractivity contribution < 1.29 is 22.7 Å². The summed E-state index contributed by atoms with van der Waals surface area (Å²) < 4.78 is 40.8. The van der Waals surface area contributed by atoms with Crippen LogP contribution in [0.1, 0.15) is 22.7 Å². The van der Waals surface area contributed by atoms with Gasteiger partial charge in [0.15, 0.2) is 0 Å². The second-order valence-corrected chi connectivity index (χ2v) is 7.65. The Morgan fingerprint density at radius 3 is 2.41 bits per heavy atom. The van der Waals surface area contributed by atoms with E-state index >= 15 is 0 Å². The third-order valence-electron chi connectivity index (χ3n) is 4.90. The monoisotopic (exact) mass is 485 g/mol. The normalized spacial score (nSPS) is 15.4. The van der Waals surface area contributed by atoms with E-state index in [2.05, 4.69) is 20.1 Å². The van der Waals surface area contributed by atoms with Crippen LogP contribution in [0.15, 0.2) is 72.0 Å². The van der Waals surface area contributed by atoms with Crippen LogP contribution in [0.5, 0.6) is 5.75 Å². The van der Waals surface area contributed by atoms with E-state index in [0.717, 1.165) is 17.7 Å². The second-order valence-electron chi connectivity index (χ2n) is 7.21. The molecule has 3 aromatic rings. The van der Waals surface area contributed by atoms with Crippen LogP contribution >= 0.6 is 11.6 Å². The van der Waals surface area contributed by atoms with Crippen molar-refractivity contribution in [2.45, 2.75) is 12.3 Å². The summed E-state index contributed by atoms with van der Waals surface area (Å²) in [6, 6.07) is 16.5. The first-order chi connectivity index (χ1) is 16.2. The zero-order valence-corrected chi connectivity index (χ0v) is 18.0. The lowest BCUT2D eigenvalue weighted by Crippen LogP contribution is -2.30. The average Bonchev–Trinajstić information content (AvgIpc) is 3.26. The fourth-order valence-corrected chi connectivity index (χ4v) is 3.47. The Hall–Kier alpha value is -4.10. The smallest absolute Gasteiger partial charge is 0.406 e. The van der Waals surface area contributed by atoms with Crippen molar-refractivity contribution in [2.75, 3.05) is 11.9 Å². The minimum atomic E-state index is -4.80. The number of carbonyl (C=O) groups excluding carboxylic acids is 1. The van der Waals surface area contributed by atoms with Crippen LogP contribution in [0.3, 0.4) is 0 Å². The summed E-state index contributed by atoms with van der Waals surface area (Å²) in [5.74, 6) is -0.774. The number of anilines is 1. The molecule has 0 radical (unpaired) electrons. The zero-order chi connectivity index (χ0) is 24.3. The number of pyridine rings is 1. The number of carbonyl (C=O) groups is 1. The lowest BCUT2D eigenvalue weighted by molar-refractivity contribution is -0.274. The molecule has 1 aliphatic heterocycles. The predicted molar refractivity (Wildman–Crippen MR) is 119 cm³/mol.